The zero-order valence-corrected chi connectivity index (χ0v) is 12.6. The number of hydrogen-bond acceptors (Lipinski definition) is 4. The van der Waals surface area contributed by atoms with Crippen LogP contribution in [-0.4, -0.2) is 33.1 Å². The van der Waals surface area contributed by atoms with Crippen molar-refractivity contribution in [3.8, 4) is 5.75 Å². The Hall–Kier alpha value is -1.60. The minimum absolute atomic E-state index is 0.0136. The molecule has 0 radical (unpaired) electrons. The second-order valence-electron chi connectivity index (χ2n) is 5.15. The summed E-state index contributed by atoms with van der Waals surface area (Å²) in [4.78, 5) is 10.9. The van der Waals surface area contributed by atoms with Crippen molar-refractivity contribution in [2.45, 2.75) is 30.6 Å². The van der Waals surface area contributed by atoms with Crippen LogP contribution < -0.4 is 9.46 Å². The Morgan fingerprint density at radius 1 is 1.43 bits per heavy atom. The third-order valence-electron chi connectivity index (χ3n) is 3.77. The Labute approximate surface area is 124 Å². The fraction of sp³-hybridized carbons (Fsp3) is 0.500. The summed E-state index contributed by atoms with van der Waals surface area (Å²) in [5, 5.41) is 8.91. The SMILES string of the molecule is COc1cc(C(=O)O)ccc1S(=O)(=O)NCCC1CCC1. The molecule has 0 aromatic heterocycles. The van der Waals surface area contributed by atoms with Gasteiger partial charge in [-0.15, -0.1) is 0 Å². The van der Waals surface area contributed by atoms with Crippen molar-refractivity contribution < 1.29 is 23.1 Å². The van der Waals surface area contributed by atoms with Gasteiger partial charge in [0.1, 0.15) is 10.6 Å². The number of benzene rings is 1. The van der Waals surface area contributed by atoms with E-state index in [1.165, 1.54) is 44.6 Å². The largest absolute Gasteiger partial charge is 0.495 e. The van der Waals surface area contributed by atoms with Crippen molar-refractivity contribution in [3.63, 3.8) is 0 Å². The maximum Gasteiger partial charge on any atom is 0.335 e. The van der Waals surface area contributed by atoms with Crippen molar-refractivity contribution >= 4 is 16.0 Å². The van der Waals surface area contributed by atoms with Gasteiger partial charge in [-0.3, -0.25) is 0 Å². The molecule has 0 saturated heterocycles. The van der Waals surface area contributed by atoms with Crippen LogP contribution in [0.4, 0.5) is 0 Å². The van der Waals surface area contributed by atoms with Crippen molar-refractivity contribution in [3.05, 3.63) is 23.8 Å². The number of methoxy groups -OCH3 is 1. The van der Waals surface area contributed by atoms with Gasteiger partial charge in [-0.05, 0) is 30.5 Å². The molecule has 7 heteroatoms. The Morgan fingerprint density at radius 2 is 2.14 bits per heavy atom. The van der Waals surface area contributed by atoms with Gasteiger partial charge in [0.2, 0.25) is 10.0 Å². The molecule has 1 aliphatic rings. The predicted molar refractivity (Wildman–Crippen MR) is 77.1 cm³/mol. The highest BCUT2D eigenvalue weighted by Crippen LogP contribution is 2.29. The van der Waals surface area contributed by atoms with E-state index in [2.05, 4.69) is 4.72 Å². The lowest BCUT2D eigenvalue weighted by atomic mass is 9.83. The van der Waals surface area contributed by atoms with Crippen LogP contribution in [-0.2, 0) is 10.0 Å². The van der Waals surface area contributed by atoms with Crippen LogP contribution in [0.2, 0.25) is 0 Å². The minimum Gasteiger partial charge on any atom is -0.495 e. The molecule has 2 N–H and O–H groups in total. The number of hydrogen-bond donors (Lipinski definition) is 2. The molecular formula is C14H19NO5S. The van der Waals surface area contributed by atoms with Crippen LogP contribution in [0, 0.1) is 5.92 Å². The first kappa shape index (κ1) is 15.8. The number of carboxylic acid groups (broad SMARTS) is 1. The van der Waals surface area contributed by atoms with Crippen molar-refractivity contribution in [2.75, 3.05) is 13.7 Å². The van der Waals surface area contributed by atoms with Crippen molar-refractivity contribution in [2.24, 2.45) is 5.92 Å². The molecular weight excluding hydrogens is 294 g/mol. The first-order valence-electron chi connectivity index (χ1n) is 6.85. The van der Waals surface area contributed by atoms with E-state index in [1.807, 2.05) is 0 Å². The maximum absolute atomic E-state index is 12.2. The smallest absolute Gasteiger partial charge is 0.335 e. The average Bonchev–Trinajstić information content (AvgIpc) is 2.40. The molecule has 0 heterocycles. The lowest BCUT2D eigenvalue weighted by Gasteiger charge is -2.25. The van der Waals surface area contributed by atoms with E-state index in [0.29, 0.717) is 12.5 Å². The van der Waals surface area contributed by atoms with Gasteiger partial charge in [-0.1, -0.05) is 19.3 Å². The van der Waals surface area contributed by atoms with E-state index >= 15 is 0 Å². The summed E-state index contributed by atoms with van der Waals surface area (Å²) in [6, 6.07) is 3.72. The standard InChI is InChI=1S/C14H19NO5S/c1-20-12-9-11(14(16)17)5-6-13(12)21(18,19)15-8-7-10-3-2-4-10/h5-6,9-10,15H,2-4,7-8H2,1H3,(H,16,17). The summed E-state index contributed by atoms with van der Waals surface area (Å²) in [6.45, 7) is 0.386. The number of nitrogens with one attached hydrogen (secondary N) is 1. The van der Waals surface area contributed by atoms with Crippen molar-refractivity contribution in [1.82, 2.24) is 4.72 Å². The number of ether oxygens (including phenoxy) is 1. The van der Waals surface area contributed by atoms with Crippen LogP contribution in [0.25, 0.3) is 0 Å². The number of carboxylic acids is 1. The summed E-state index contributed by atoms with van der Waals surface area (Å²) in [7, 11) is -2.38. The highest BCUT2D eigenvalue weighted by molar-refractivity contribution is 7.89. The maximum atomic E-state index is 12.2. The highest BCUT2D eigenvalue weighted by atomic mass is 32.2. The molecule has 0 aliphatic heterocycles. The van der Waals surface area contributed by atoms with Gasteiger partial charge in [0.15, 0.2) is 0 Å². The molecule has 1 aromatic carbocycles. The first-order chi connectivity index (χ1) is 9.94. The van der Waals surface area contributed by atoms with E-state index in [1.54, 1.807) is 0 Å². The van der Waals surface area contributed by atoms with E-state index in [9.17, 15) is 13.2 Å². The third kappa shape index (κ3) is 3.74. The second-order valence-corrected chi connectivity index (χ2v) is 6.89. The van der Waals surface area contributed by atoms with E-state index < -0.39 is 16.0 Å². The molecule has 0 spiro atoms. The number of aromatic carboxylic acids is 1. The van der Waals surface area contributed by atoms with Gasteiger partial charge < -0.3 is 9.84 Å². The molecule has 2 rings (SSSR count). The first-order valence-corrected chi connectivity index (χ1v) is 8.33. The quantitative estimate of drug-likeness (QED) is 0.801. The predicted octanol–water partition coefficient (Wildman–Crippen LogP) is 1.86. The minimum atomic E-state index is -3.69. The number of carbonyl (C=O) groups is 1. The third-order valence-corrected chi connectivity index (χ3v) is 5.27. The Kier molecular flexibility index (Phi) is 4.84. The zero-order valence-electron chi connectivity index (χ0n) is 11.8. The fourth-order valence-electron chi connectivity index (χ4n) is 2.28. The molecule has 1 aliphatic carbocycles. The Bertz CT molecular complexity index is 622. The topological polar surface area (TPSA) is 92.7 Å². The molecule has 1 aromatic rings. The van der Waals surface area contributed by atoms with E-state index in [-0.39, 0.29) is 16.2 Å². The zero-order chi connectivity index (χ0) is 15.5. The van der Waals surface area contributed by atoms with Crippen LogP contribution in [0.3, 0.4) is 0 Å². The molecule has 0 amide bonds. The van der Waals surface area contributed by atoms with Crippen molar-refractivity contribution in [1.29, 1.82) is 0 Å². The summed E-state index contributed by atoms with van der Waals surface area (Å²) >= 11 is 0. The van der Waals surface area contributed by atoms with E-state index in [0.717, 1.165) is 6.42 Å². The molecule has 0 atom stereocenters. The summed E-state index contributed by atoms with van der Waals surface area (Å²) in [5.41, 5.74) is -0.0136. The molecule has 1 saturated carbocycles. The monoisotopic (exact) mass is 313 g/mol. The summed E-state index contributed by atoms with van der Waals surface area (Å²) in [6.07, 6.45) is 4.38. The summed E-state index contributed by atoms with van der Waals surface area (Å²) in [5.74, 6) is -0.481. The van der Waals surface area contributed by atoms with Gasteiger partial charge in [0.05, 0.1) is 12.7 Å². The molecule has 0 unspecified atom stereocenters. The second kappa shape index (κ2) is 6.44. The Morgan fingerprint density at radius 3 is 2.67 bits per heavy atom. The average molecular weight is 313 g/mol. The lowest BCUT2D eigenvalue weighted by molar-refractivity contribution is 0.0696. The van der Waals surface area contributed by atoms with Gasteiger partial charge in [0.25, 0.3) is 0 Å². The van der Waals surface area contributed by atoms with Gasteiger partial charge in [-0.2, -0.15) is 0 Å². The Balaban J connectivity index is 2.12. The van der Waals surface area contributed by atoms with Crippen LogP contribution in [0.1, 0.15) is 36.0 Å². The molecule has 21 heavy (non-hydrogen) atoms. The lowest BCUT2D eigenvalue weighted by Crippen LogP contribution is -2.28. The normalized spacial score (nSPS) is 15.5. The number of sulfonamides is 1. The molecule has 0 bridgehead atoms. The molecule has 1 fully saturated rings. The van der Waals surface area contributed by atoms with Crippen LogP contribution in [0.15, 0.2) is 23.1 Å². The molecule has 6 nitrogen and oxygen atoms in total. The van der Waals surface area contributed by atoms with Gasteiger partial charge in [0, 0.05) is 6.54 Å². The van der Waals surface area contributed by atoms with E-state index in [4.69, 9.17) is 9.84 Å². The van der Waals surface area contributed by atoms with Crippen LogP contribution in [0.5, 0.6) is 5.75 Å². The number of rotatable bonds is 7. The molecule has 116 valence electrons. The van der Waals surface area contributed by atoms with Crippen LogP contribution >= 0.6 is 0 Å². The highest BCUT2D eigenvalue weighted by Gasteiger charge is 2.22. The fourth-order valence-corrected chi connectivity index (χ4v) is 3.48. The van der Waals surface area contributed by atoms with Gasteiger partial charge >= 0.3 is 5.97 Å². The van der Waals surface area contributed by atoms with Gasteiger partial charge in [-0.25, -0.2) is 17.9 Å². The summed E-state index contributed by atoms with van der Waals surface area (Å²) < 4.78 is 32.0.